The van der Waals surface area contributed by atoms with Gasteiger partial charge in [-0.15, -0.1) is 0 Å². The van der Waals surface area contributed by atoms with Gasteiger partial charge in [0.05, 0.1) is 6.61 Å². The van der Waals surface area contributed by atoms with E-state index in [4.69, 9.17) is 0 Å². The van der Waals surface area contributed by atoms with Gasteiger partial charge in [-0.25, -0.2) is 0 Å². The highest BCUT2D eigenvalue weighted by Crippen LogP contribution is 2.29. The molecule has 0 atom stereocenters. The monoisotopic (exact) mass is 261 g/mol. The molecule has 3 nitrogen and oxygen atoms in total. The van der Waals surface area contributed by atoms with E-state index in [-0.39, 0.29) is 6.61 Å². The molecule has 3 heteroatoms. The molecule has 0 amide bonds. The van der Waals surface area contributed by atoms with Gasteiger partial charge >= 0.3 is 0 Å². The largest absolute Gasteiger partial charge is 0.395 e. The van der Waals surface area contributed by atoms with Gasteiger partial charge in [0, 0.05) is 23.8 Å². The topological polar surface area (TPSA) is 40.5 Å². The van der Waals surface area contributed by atoms with Gasteiger partial charge in [0.25, 0.3) is 0 Å². The summed E-state index contributed by atoms with van der Waals surface area (Å²) in [5, 5.41) is 9.32. The Labute approximate surface area is 115 Å². The van der Waals surface area contributed by atoms with Gasteiger partial charge < -0.3 is 10.0 Å². The number of aldehydes is 1. The Morgan fingerprint density at radius 3 is 2.63 bits per heavy atom. The molecule has 0 aromatic heterocycles. The number of carbonyl (C=O) groups is 1. The molecule has 1 N–H and O–H groups in total. The molecule has 19 heavy (non-hydrogen) atoms. The van der Waals surface area contributed by atoms with Crippen molar-refractivity contribution in [2.45, 2.75) is 45.1 Å². The fourth-order valence-electron chi connectivity index (χ4n) is 3.07. The summed E-state index contributed by atoms with van der Waals surface area (Å²) in [6.45, 7) is 2.88. The van der Waals surface area contributed by atoms with Crippen molar-refractivity contribution in [1.29, 1.82) is 0 Å². The van der Waals surface area contributed by atoms with Crippen LogP contribution < -0.4 is 4.90 Å². The van der Waals surface area contributed by atoms with Gasteiger partial charge in [0.15, 0.2) is 0 Å². The van der Waals surface area contributed by atoms with Crippen LogP contribution in [0.5, 0.6) is 0 Å². The zero-order chi connectivity index (χ0) is 13.7. The molecule has 1 aliphatic rings. The van der Waals surface area contributed by atoms with E-state index in [1.54, 1.807) is 0 Å². The van der Waals surface area contributed by atoms with E-state index in [0.29, 0.717) is 18.2 Å². The van der Waals surface area contributed by atoms with Crippen molar-refractivity contribution >= 4 is 12.0 Å². The first kappa shape index (κ1) is 14.1. The highest BCUT2D eigenvalue weighted by atomic mass is 16.3. The number of hydrogen-bond donors (Lipinski definition) is 1. The average Bonchev–Trinajstić information content (AvgIpc) is 2.46. The molecule has 0 heterocycles. The van der Waals surface area contributed by atoms with Crippen LogP contribution in [-0.2, 0) is 0 Å². The molecule has 1 aromatic rings. The summed E-state index contributed by atoms with van der Waals surface area (Å²) >= 11 is 0. The first-order valence-electron chi connectivity index (χ1n) is 7.19. The zero-order valence-electron chi connectivity index (χ0n) is 11.6. The van der Waals surface area contributed by atoms with Gasteiger partial charge in [-0.2, -0.15) is 0 Å². The van der Waals surface area contributed by atoms with Crippen molar-refractivity contribution in [2.75, 3.05) is 18.1 Å². The van der Waals surface area contributed by atoms with Crippen LogP contribution in [0.4, 0.5) is 5.69 Å². The molecular weight excluding hydrogens is 238 g/mol. The summed E-state index contributed by atoms with van der Waals surface area (Å²) in [4.78, 5) is 13.1. The normalized spacial score (nSPS) is 16.3. The second-order valence-electron chi connectivity index (χ2n) is 5.37. The summed E-state index contributed by atoms with van der Waals surface area (Å²) in [7, 11) is 0. The lowest BCUT2D eigenvalue weighted by molar-refractivity contribution is 0.112. The first-order chi connectivity index (χ1) is 9.26. The lowest BCUT2D eigenvalue weighted by atomic mass is 9.93. The van der Waals surface area contributed by atoms with Gasteiger partial charge in [-0.05, 0) is 43.5 Å². The number of aliphatic hydroxyl groups excluding tert-OH is 1. The van der Waals surface area contributed by atoms with Crippen LogP contribution in [0.25, 0.3) is 0 Å². The molecule has 0 bridgehead atoms. The standard InChI is InChI=1S/C16H23NO2/c1-13-11-14(12-19)7-8-16(13)17(9-10-18)15-5-3-2-4-6-15/h7-8,11-12,15,18H,2-6,9-10H2,1H3. The maximum absolute atomic E-state index is 10.8. The minimum Gasteiger partial charge on any atom is -0.395 e. The first-order valence-corrected chi connectivity index (χ1v) is 7.19. The van der Waals surface area contributed by atoms with Gasteiger partial charge in [-0.3, -0.25) is 4.79 Å². The van der Waals surface area contributed by atoms with Crippen LogP contribution >= 0.6 is 0 Å². The number of benzene rings is 1. The van der Waals surface area contributed by atoms with Crippen LogP contribution in [0.1, 0.15) is 48.0 Å². The zero-order valence-corrected chi connectivity index (χ0v) is 11.6. The molecule has 0 aliphatic heterocycles. The smallest absolute Gasteiger partial charge is 0.150 e. The number of carbonyl (C=O) groups excluding carboxylic acids is 1. The second-order valence-corrected chi connectivity index (χ2v) is 5.37. The van der Waals surface area contributed by atoms with E-state index in [9.17, 15) is 9.90 Å². The predicted molar refractivity (Wildman–Crippen MR) is 77.9 cm³/mol. The van der Waals surface area contributed by atoms with Crippen LogP contribution in [0.15, 0.2) is 18.2 Å². The SMILES string of the molecule is Cc1cc(C=O)ccc1N(CCO)C1CCCCC1. The number of rotatable bonds is 5. The Morgan fingerprint density at radius 2 is 2.05 bits per heavy atom. The van der Waals surface area contributed by atoms with E-state index in [1.165, 1.54) is 32.1 Å². The highest BCUT2D eigenvalue weighted by Gasteiger charge is 2.22. The third-order valence-electron chi connectivity index (χ3n) is 4.02. The fourth-order valence-corrected chi connectivity index (χ4v) is 3.07. The molecular formula is C16H23NO2. The average molecular weight is 261 g/mol. The molecule has 1 fully saturated rings. The minimum absolute atomic E-state index is 0.172. The van der Waals surface area contributed by atoms with Crippen molar-refractivity contribution in [3.05, 3.63) is 29.3 Å². The molecule has 2 rings (SSSR count). The summed E-state index contributed by atoms with van der Waals surface area (Å²) < 4.78 is 0. The Balaban J connectivity index is 2.24. The second kappa shape index (κ2) is 6.71. The Morgan fingerprint density at radius 1 is 1.32 bits per heavy atom. The Hall–Kier alpha value is -1.35. The molecule has 1 saturated carbocycles. The van der Waals surface area contributed by atoms with Gasteiger partial charge in [-0.1, -0.05) is 19.3 Å². The number of aryl methyl sites for hydroxylation is 1. The van der Waals surface area contributed by atoms with E-state index in [0.717, 1.165) is 17.5 Å². The quantitative estimate of drug-likeness (QED) is 0.828. The number of anilines is 1. The third-order valence-corrected chi connectivity index (χ3v) is 4.02. The van der Waals surface area contributed by atoms with Crippen molar-refractivity contribution in [3.8, 4) is 0 Å². The van der Waals surface area contributed by atoms with Gasteiger partial charge in [0.2, 0.25) is 0 Å². The van der Waals surface area contributed by atoms with Crippen molar-refractivity contribution in [3.63, 3.8) is 0 Å². The predicted octanol–water partition coefficient (Wildman–Crippen LogP) is 2.94. The van der Waals surface area contributed by atoms with Crippen molar-refractivity contribution in [1.82, 2.24) is 0 Å². The van der Waals surface area contributed by atoms with E-state index in [2.05, 4.69) is 4.90 Å². The molecule has 0 saturated heterocycles. The lowest BCUT2D eigenvalue weighted by Gasteiger charge is -2.36. The summed E-state index contributed by atoms with van der Waals surface area (Å²) in [6, 6.07) is 6.34. The molecule has 104 valence electrons. The lowest BCUT2D eigenvalue weighted by Crippen LogP contribution is -2.39. The van der Waals surface area contributed by atoms with E-state index < -0.39 is 0 Å². The Kier molecular flexibility index (Phi) is 4.97. The molecule has 0 unspecified atom stereocenters. The van der Waals surface area contributed by atoms with E-state index >= 15 is 0 Å². The summed E-state index contributed by atoms with van der Waals surface area (Å²) in [5.41, 5.74) is 2.99. The molecule has 1 aliphatic carbocycles. The minimum atomic E-state index is 0.172. The maximum atomic E-state index is 10.8. The maximum Gasteiger partial charge on any atom is 0.150 e. The number of hydrogen-bond acceptors (Lipinski definition) is 3. The van der Waals surface area contributed by atoms with E-state index in [1.807, 2.05) is 25.1 Å². The van der Waals surface area contributed by atoms with Crippen LogP contribution in [-0.4, -0.2) is 30.6 Å². The number of aliphatic hydroxyl groups is 1. The molecule has 1 aromatic carbocycles. The molecule has 0 radical (unpaired) electrons. The van der Waals surface area contributed by atoms with Gasteiger partial charge in [0.1, 0.15) is 6.29 Å². The third kappa shape index (κ3) is 3.35. The van der Waals surface area contributed by atoms with Crippen LogP contribution in [0.3, 0.4) is 0 Å². The molecule has 0 spiro atoms. The Bertz CT molecular complexity index is 425. The summed E-state index contributed by atoms with van der Waals surface area (Å²) in [5.74, 6) is 0. The van der Waals surface area contributed by atoms with Crippen molar-refractivity contribution < 1.29 is 9.90 Å². The van der Waals surface area contributed by atoms with Crippen LogP contribution in [0, 0.1) is 6.92 Å². The summed E-state index contributed by atoms with van der Waals surface area (Å²) in [6.07, 6.45) is 7.17. The number of nitrogens with zero attached hydrogens (tertiary/aromatic N) is 1. The van der Waals surface area contributed by atoms with Crippen LogP contribution in [0.2, 0.25) is 0 Å². The highest BCUT2D eigenvalue weighted by molar-refractivity contribution is 5.77. The van der Waals surface area contributed by atoms with Crippen molar-refractivity contribution in [2.24, 2.45) is 0 Å². The fraction of sp³-hybridized carbons (Fsp3) is 0.562.